The van der Waals surface area contributed by atoms with Crippen LogP contribution in [0.3, 0.4) is 0 Å². The van der Waals surface area contributed by atoms with Gasteiger partial charge in [-0.3, -0.25) is 14.9 Å². The van der Waals surface area contributed by atoms with Crippen LogP contribution in [-0.2, 0) is 4.79 Å². The summed E-state index contributed by atoms with van der Waals surface area (Å²) in [5.41, 5.74) is 1.16. The van der Waals surface area contributed by atoms with Crippen molar-refractivity contribution in [3.8, 4) is 5.75 Å². The molecule has 0 radical (unpaired) electrons. The fourth-order valence-electron chi connectivity index (χ4n) is 1.35. The van der Waals surface area contributed by atoms with Gasteiger partial charge in [-0.1, -0.05) is 6.07 Å². The van der Waals surface area contributed by atoms with E-state index in [9.17, 15) is 14.9 Å². The van der Waals surface area contributed by atoms with Crippen LogP contribution < -0.4 is 10.1 Å². The maximum atomic E-state index is 11.0. The van der Waals surface area contributed by atoms with E-state index in [1.165, 1.54) is 6.08 Å². The van der Waals surface area contributed by atoms with Gasteiger partial charge in [0.05, 0.1) is 10.6 Å². The fraction of sp³-hybridized carbons (Fsp3) is 0.100. The first kappa shape index (κ1) is 10.2. The number of fused-ring (bicyclic) bond motifs is 1. The van der Waals surface area contributed by atoms with Crippen molar-refractivity contribution in [2.75, 3.05) is 11.9 Å². The van der Waals surface area contributed by atoms with E-state index in [-0.39, 0.29) is 12.5 Å². The smallest absolute Gasteiger partial charge is 0.262 e. The molecule has 0 aliphatic carbocycles. The first-order valence-corrected chi connectivity index (χ1v) is 4.53. The molecule has 6 nitrogen and oxygen atoms in total. The minimum absolute atomic E-state index is 0.00289. The van der Waals surface area contributed by atoms with Crippen molar-refractivity contribution in [3.63, 3.8) is 0 Å². The third kappa shape index (κ3) is 2.17. The van der Waals surface area contributed by atoms with Gasteiger partial charge in [0.25, 0.3) is 5.91 Å². The van der Waals surface area contributed by atoms with Gasteiger partial charge in [0.1, 0.15) is 5.75 Å². The standard InChI is InChI=1S/C10H8N2O4/c13-10-6-16-9-2-1-7(3-4-12(14)15)5-8(9)11-10/h1-5H,6H2,(H,11,13)/b4-3+. The quantitative estimate of drug-likeness (QED) is 0.601. The second-order valence-corrected chi connectivity index (χ2v) is 3.19. The molecule has 82 valence electrons. The molecule has 0 saturated heterocycles. The number of hydrogen-bond acceptors (Lipinski definition) is 4. The monoisotopic (exact) mass is 220 g/mol. The first-order valence-electron chi connectivity index (χ1n) is 4.53. The summed E-state index contributed by atoms with van der Waals surface area (Å²) in [5.74, 6) is 0.334. The van der Waals surface area contributed by atoms with Crippen LogP contribution in [0.4, 0.5) is 5.69 Å². The summed E-state index contributed by atoms with van der Waals surface area (Å²) in [6.45, 7) is -0.00289. The highest BCUT2D eigenvalue weighted by atomic mass is 16.6. The Balaban J connectivity index is 2.27. The number of carbonyl (C=O) groups excluding carboxylic acids is 1. The van der Waals surface area contributed by atoms with Crippen LogP contribution in [0.15, 0.2) is 24.4 Å². The number of nitrogens with zero attached hydrogens (tertiary/aromatic N) is 1. The molecule has 1 aromatic carbocycles. The summed E-state index contributed by atoms with van der Waals surface area (Å²) < 4.78 is 5.15. The Morgan fingerprint density at radius 2 is 2.31 bits per heavy atom. The molecule has 0 spiro atoms. The molecule has 1 N–H and O–H groups in total. The molecular weight excluding hydrogens is 212 g/mol. The number of nitrogens with one attached hydrogen (secondary N) is 1. The van der Waals surface area contributed by atoms with Gasteiger partial charge in [-0.05, 0) is 17.7 Å². The first-order chi connectivity index (χ1) is 7.65. The highest BCUT2D eigenvalue weighted by Crippen LogP contribution is 2.28. The number of nitro groups is 1. The lowest BCUT2D eigenvalue weighted by atomic mass is 10.1. The van der Waals surface area contributed by atoms with Gasteiger partial charge in [-0.15, -0.1) is 0 Å². The summed E-state index contributed by atoms with van der Waals surface area (Å²) in [6, 6.07) is 4.96. The van der Waals surface area contributed by atoms with Crippen LogP contribution in [0.2, 0.25) is 0 Å². The largest absolute Gasteiger partial charge is 0.482 e. The Bertz CT molecular complexity index is 482. The number of anilines is 1. The van der Waals surface area contributed by atoms with Crippen LogP contribution in [0.5, 0.6) is 5.75 Å². The number of carbonyl (C=O) groups is 1. The van der Waals surface area contributed by atoms with Crippen LogP contribution in [0, 0.1) is 10.1 Å². The maximum absolute atomic E-state index is 11.0. The second kappa shape index (κ2) is 4.01. The lowest BCUT2D eigenvalue weighted by Gasteiger charge is -2.17. The number of benzene rings is 1. The zero-order valence-electron chi connectivity index (χ0n) is 8.17. The Morgan fingerprint density at radius 3 is 3.06 bits per heavy atom. The van der Waals surface area contributed by atoms with Gasteiger partial charge < -0.3 is 10.1 Å². The molecule has 0 unspecified atom stereocenters. The molecule has 0 saturated carbocycles. The van der Waals surface area contributed by atoms with Gasteiger partial charge in [0, 0.05) is 6.08 Å². The van der Waals surface area contributed by atoms with Gasteiger partial charge in [0.2, 0.25) is 6.20 Å². The molecule has 1 aliphatic heterocycles. The maximum Gasteiger partial charge on any atom is 0.262 e. The van der Waals surface area contributed by atoms with Crippen molar-refractivity contribution in [2.24, 2.45) is 0 Å². The highest BCUT2D eigenvalue weighted by molar-refractivity contribution is 5.95. The van der Waals surface area contributed by atoms with E-state index < -0.39 is 4.92 Å². The summed E-state index contributed by atoms with van der Waals surface area (Å²) in [6.07, 6.45) is 2.19. The normalized spacial score (nSPS) is 14.1. The van der Waals surface area contributed by atoms with Gasteiger partial charge in [-0.2, -0.15) is 0 Å². The Hall–Kier alpha value is -2.37. The van der Waals surface area contributed by atoms with E-state index in [2.05, 4.69) is 5.32 Å². The molecule has 1 aliphatic rings. The second-order valence-electron chi connectivity index (χ2n) is 3.19. The van der Waals surface area contributed by atoms with Gasteiger partial charge in [-0.25, -0.2) is 0 Å². The zero-order valence-corrected chi connectivity index (χ0v) is 8.17. The Morgan fingerprint density at radius 1 is 1.50 bits per heavy atom. The lowest BCUT2D eigenvalue weighted by molar-refractivity contribution is -0.400. The molecule has 0 atom stereocenters. The van der Waals surface area contributed by atoms with Crippen molar-refractivity contribution in [1.82, 2.24) is 0 Å². The van der Waals surface area contributed by atoms with Crippen LogP contribution in [0.25, 0.3) is 6.08 Å². The van der Waals surface area contributed by atoms with Crippen molar-refractivity contribution in [3.05, 3.63) is 40.1 Å². The lowest BCUT2D eigenvalue weighted by Crippen LogP contribution is -2.25. The molecule has 1 aromatic rings. The van der Waals surface area contributed by atoms with E-state index in [0.29, 0.717) is 17.0 Å². The van der Waals surface area contributed by atoms with E-state index in [1.807, 2.05) is 0 Å². The van der Waals surface area contributed by atoms with Crippen molar-refractivity contribution < 1.29 is 14.5 Å². The fourth-order valence-corrected chi connectivity index (χ4v) is 1.35. The van der Waals surface area contributed by atoms with Crippen molar-refractivity contribution in [2.45, 2.75) is 0 Å². The number of ether oxygens (including phenoxy) is 1. The molecule has 1 heterocycles. The minimum Gasteiger partial charge on any atom is -0.482 e. The van der Waals surface area contributed by atoms with E-state index >= 15 is 0 Å². The molecule has 0 aromatic heterocycles. The van der Waals surface area contributed by atoms with Crippen molar-refractivity contribution >= 4 is 17.7 Å². The minimum atomic E-state index is -0.547. The molecule has 0 fully saturated rings. The van der Waals surface area contributed by atoms with E-state index in [4.69, 9.17) is 4.74 Å². The van der Waals surface area contributed by atoms with Crippen LogP contribution >= 0.6 is 0 Å². The predicted molar refractivity (Wildman–Crippen MR) is 56.6 cm³/mol. The molecule has 2 rings (SSSR count). The van der Waals surface area contributed by atoms with E-state index in [1.54, 1.807) is 18.2 Å². The number of rotatable bonds is 2. The molecule has 0 bridgehead atoms. The topological polar surface area (TPSA) is 81.5 Å². The third-order valence-electron chi connectivity index (χ3n) is 2.03. The molecule has 6 heteroatoms. The van der Waals surface area contributed by atoms with E-state index in [0.717, 1.165) is 6.20 Å². The number of amides is 1. The summed E-state index contributed by atoms with van der Waals surface area (Å²) >= 11 is 0. The number of hydrogen-bond donors (Lipinski definition) is 1. The van der Waals surface area contributed by atoms with Crippen LogP contribution in [-0.4, -0.2) is 17.4 Å². The van der Waals surface area contributed by atoms with Gasteiger partial charge >= 0.3 is 0 Å². The SMILES string of the molecule is O=C1COc2ccc(/C=C/[N+](=O)[O-])cc2N1. The summed E-state index contributed by atoms with van der Waals surface area (Å²) in [7, 11) is 0. The third-order valence-corrected chi connectivity index (χ3v) is 2.03. The zero-order chi connectivity index (χ0) is 11.5. The molecule has 1 amide bonds. The predicted octanol–water partition coefficient (Wildman–Crippen LogP) is 1.26. The summed E-state index contributed by atoms with van der Waals surface area (Å²) in [4.78, 5) is 20.6. The molecular formula is C10H8N2O4. The van der Waals surface area contributed by atoms with Crippen molar-refractivity contribution in [1.29, 1.82) is 0 Å². The average Bonchev–Trinajstić information content (AvgIpc) is 2.25. The van der Waals surface area contributed by atoms with Gasteiger partial charge in [0.15, 0.2) is 6.61 Å². The highest BCUT2D eigenvalue weighted by Gasteiger charge is 2.15. The summed E-state index contributed by atoms with van der Waals surface area (Å²) in [5, 5.41) is 12.8. The Labute approximate surface area is 90.7 Å². The Kier molecular flexibility index (Phi) is 2.55. The average molecular weight is 220 g/mol. The van der Waals surface area contributed by atoms with Crippen LogP contribution in [0.1, 0.15) is 5.56 Å². The molecule has 16 heavy (non-hydrogen) atoms.